The highest BCUT2D eigenvalue weighted by molar-refractivity contribution is 5.70. The second-order valence-electron chi connectivity index (χ2n) is 3.13. The summed E-state index contributed by atoms with van der Waals surface area (Å²) in [4.78, 5) is 17.5. The summed E-state index contributed by atoms with van der Waals surface area (Å²) in [7, 11) is 0. The van der Waals surface area contributed by atoms with Gasteiger partial charge in [0.15, 0.2) is 0 Å². The first-order valence-electron chi connectivity index (χ1n) is 4.60. The lowest BCUT2D eigenvalue weighted by molar-refractivity contribution is 0.450. The fraction of sp³-hybridized carbons (Fsp3) is 0.0909. The molecule has 0 spiro atoms. The number of H-pyrrole nitrogens is 1. The highest BCUT2D eigenvalue weighted by atomic mass is 16.3. The van der Waals surface area contributed by atoms with Crippen LogP contribution in [0.5, 0.6) is 5.88 Å². The van der Waals surface area contributed by atoms with E-state index >= 15 is 0 Å². The monoisotopic (exact) mass is 202 g/mol. The van der Waals surface area contributed by atoms with Crippen LogP contribution < -0.4 is 5.56 Å². The maximum absolute atomic E-state index is 11.1. The molecule has 0 aromatic carbocycles. The molecule has 0 bridgehead atoms. The van der Waals surface area contributed by atoms with E-state index in [-0.39, 0.29) is 11.4 Å². The van der Waals surface area contributed by atoms with Crippen molar-refractivity contribution in [3.8, 4) is 5.88 Å². The molecule has 0 fully saturated rings. The molecule has 4 heteroatoms. The summed E-state index contributed by atoms with van der Waals surface area (Å²) in [6.45, 7) is 0. The maximum atomic E-state index is 11.1. The van der Waals surface area contributed by atoms with Gasteiger partial charge in [-0.15, -0.1) is 0 Å². The number of aromatic hydroxyl groups is 1. The van der Waals surface area contributed by atoms with Crippen LogP contribution in [0.1, 0.15) is 12.2 Å². The molecule has 76 valence electrons. The van der Waals surface area contributed by atoms with Crippen molar-refractivity contribution in [3.63, 3.8) is 0 Å². The summed E-state index contributed by atoms with van der Waals surface area (Å²) in [6, 6.07) is 1.04. The van der Waals surface area contributed by atoms with Gasteiger partial charge in [0.2, 0.25) is 5.88 Å². The molecule has 1 aromatic rings. The van der Waals surface area contributed by atoms with Crippen molar-refractivity contribution < 1.29 is 5.11 Å². The Kier molecular flexibility index (Phi) is 2.49. The maximum Gasteiger partial charge on any atom is 0.254 e. The van der Waals surface area contributed by atoms with E-state index in [1.54, 1.807) is 0 Å². The Morgan fingerprint density at radius 3 is 3.07 bits per heavy atom. The first-order valence-corrected chi connectivity index (χ1v) is 4.60. The van der Waals surface area contributed by atoms with Crippen molar-refractivity contribution in [2.24, 2.45) is 0 Å². The van der Waals surface area contributed by atoms with Gasteiger partial charge in [-0.1, -0.05) is 30.4 Å². The predicted molar refractivity (Wildman–Crippen MR) is 57.4 cm³/mol. The average molecular weight is 202 g/mol. The van der Waals surface area contributed by atoms with Crippen molar-refractivity contribution in [1.82, 2.24) is 9.97 Å². The van der Waals surface area contributed by atoms with Crippen molar-refractivity contribution in [2.75, 3.05) is 0 Å². The summed E-state index contributed by atoms with van der Waals surface area (Å²) in [5.74, 6) is 0.125. The quantitative estimate of drug-likeness (QED) is 0.722. The minimum Gasteiger partial charge on any atom is -0.493 e. The third-order valence-corrected chi connectivity index (χ3v) is 2.00. The first kappa shape index (κ1) is 9.45. The number of hydrogen-bond acceptors (Lipinski definition) is 3. The Morgan fingerprint density at radius 1 is 1.40 bits per heavy atom. The topological polar surface area (TPSA) is 66.0 Å². The molecule has 0 atom stereocenters. The fourth-order valence-corrected chi connectivity index (χ4v) is 1.34. The number of hydrogen-bond donors (Lipinski definition) is 2. The molecule has 0 aliphatic heterocycles. The summed E-state index contributed by atoms with van der Waals surface area (Å²) in [6.07, 6.45) is 10.3. The number of aromatic amines is 1. The molecular formula is C11H10N2O2. The molecule has 1 aromatic heterocycles. The normalized spacial score (nSPS) is 14.8. The van der Waals surface area contributed by atoms with Gasteiger partial charge in [-0.05, 0) is 6.42 Å². The van der Waals surface area contributed by atoms with E-state index in [1.165, 1.54) is 0 Å². The summed E-state index contributed by atoms with van der Waals surface area (Å²) >= 11 is 0. The van der Waals surface area contributed by atoms with E-state index in [1.807, 2.05) is 30.4 Å². The first-order chi connectivity index (χ1) is 7.25. The second-order valence-corrected chi connectivity index (χ2v) is 3.13. The van der Waals surface area contributed by atoms with E-state index in [9.17, 15) is 9.90 Å². The summed E-state index contributed by atoms with van der Waals surface area (Å²) in [5, 5.41) is 9.20. The van der Waals surface area contributed by atoms with Crippen molar-refractivity contribution in [1.29, 1.82) is 0 Å². The smallest absolute Gasteiger partial charge is 0.254 e. The SMILES string of the molecule is O=c1cc(O)nc(C2=CCC=CC=C2)[nH]1. The minimum atomic E-state index is -0.357. The van der Waals surface area contributed by atoms with Gasteiger partial charge in [-0.2, -0.15) is 4.98 Å². The molecule has 1 aliphatic carbocycles. The number of nitrogens with one attached hydrogen (secondary N) is 1. The Labute approximate surface area is 86.3 Å². The highest BCUT2D eigenvalue weighted by Gasteiger charge is 2.03. The van der Waals surface area contributed by atoms with Gasteiger partial charge in [0, 0.05) is 5.57 Å². The summed E-state index contributed by atoms with van der Waals surface area (Å²) < 4.78 is 0. The average Bonchev–Trinajstić information content (AvgIpc) is 2.43. The Balaban J connectivity index is 2.45. The zero-order valence-electron chi connectivity index (χ0n) is 7.97. The predicted octanol–water partition coefficient (Wildman–Crippen LogP) is 1.37. The molecule has 0 amide bonds. The van der Waals surface area contributed by atoms with Gasteiger partial charge in [0.1, 0.15) is 5.82 Å². The minimum absolute atomic E-state index is 0.264. The number of allylic oxidation sites excluding steroid dienone is 6. The van der Waals surface area contributed by atoms with Crippen molar-refractivity contribution in [2.45, 2.75) is 6.42 Å². The van der Waals surface area contributed by atoms with Crippen LogP contribution in [0.15, 0.2) is 41.2 Å². The largest absolute Gasteiger partial charge is 0.493 e. The van der Waals surface area contributed by atoms with Crippen molar-refractivity contribution in [3.05, 3.63) is 52.6 Å². The fourth-order valence-electron chi connectivity index (χ4n) is 1.34. The standard InChI is InChI=1S/C11H10N2O2/c14-9-7-10(15)13-11(12-9)8-5-3-1-2-4-6-8/h1-3,5-7H,4H2,(H2,12,13,14,15). The van der Waals surface area contributed by atoms with Crippen molar-refractivity contribution >= 4 is 5.57 Å². The number of aromatic nitrogens is 2. The highest BCUT2D eigenvalue weighted by Crippen LogP contribution is 2.15. The second kappa shape index (κ2) is 3.96. The molecule has 4 nitrogen and oxygen atoms in total. The Bertz CT molecular complexity index is 510. The Morgan fingerprint density at radius 2 is 2.27 bits per heavy atom. The van der Waals surface area contributed by atoms with Gasteiger partial charge < -0.3 is 10.1 Å². The third kappa shape index (κ3) is 2.22. The molecule has 0 radical (unpaired) electrons. The molecule has 2 rings (SSSR count). The van der Waals surface area contributed by atoms with Crippen LogP contribution in [0.3, 0.4) is 0 Å². The molecule has 0 saturated carbocycles. The number of nitrogens with zero attached hydrogens (tertiary/aromatic N) is 1. The van der Waals surface area contributed by atoms with Gasteiger partial charge in [0.05, 0.1) is 6.07 Å². The van der Waals surface area contributed by atoms with E-state index in [0.29, 0.717) is 5.82 Å². The van der Waals surface area contributed by atoms with E-state index < -0.39 is 0 Å². The molecule has 0 unspecified atom stereocenters. The van der Waals surface area contributed by atoms with Crippen LogP contribution in [-0.4, -0.2) is 15.1 Å². The molecule has 0 saturated heterocycles. The third-order valence-electron chi connectivity index (χ3n) is 2.00. The van der Waals surface area contributed by atoms with Gasteiger partial charge >= 0.3 is 0 Å². The van der Waals surface area contributed by atoms with Crippen LogP contribution in [0.4, 0.5) is 0 Å². The molecular weight excluding hydrogens is 192 g/mol. The van der Waals surface area contributed by atoms with Gasteiger partial charge in [0.25, 0.3) is 5.56 Å². The lowest BCUT2D eigenvalue weighted by Gasteiger charge is -2.00. The summed E-state index contributed by atoms with van der Waals surface area (Å²) in [5.41, 5.74) is 0.442. The zero-order valence-corrected chi connectivity index (χ0v) is 7.97. The van der Waals surface area contributed by atoms with Gasteiger partial charge in [-0.3, -0.25) is 4.79 Å². The van der Waals surface area contributed by atoms with Crippen LogP contribution in [0.25, 0.3) is 5.57 Å². The lowest BCUT2D eigenvalue weighted by atomic mass is 10.2. The Hall–Kier alpha value is -2.10. The van der Waals surface area contributed by atoms with Crippen LogP contribution >= 0.6 is 0 Å². The molecule has 1 aliphatic rings. The van der Waals surface area contributed by atoms with Crippen LogP contribution in [0, 0.1) is 0 Å². The van der Waals surface area contributed by atoms with E-state index in [0.717, 1.165) is 18.1 Å². The van der Waals surface area contributed by atoms with Crippen LogP contribution in [0.2, 0.25) is 0 Å². The molecule has 1 heterocycles. The molecule has 15 heavy (non-hydrogen) atoms. The lowest BCUT2D eigenvalue weighted by Crippen LogP contribution is -2.08. The number of rotatable bonds is 1. The molecule has 2 N–H and O–H groups in total. The van der Waals surface area contributed by atoms with E-state index in [4.69, 9.17) is 0 Å². The van der Waals surface area contributed by atoms with Crippen LogP contribution in [-0.2, 0) is 0 Å². The van der Waals surface area contributed by atoms with E-state index in [2.05, 4.69) is 9.97 Å². The zero-order chi connectivity index (χ0) is 10.7. The van der Waals surface area contributed by atoms with Gasteiger partial charge in [-0.25, -0.2) is 0 Å².